The number of ether oxygens (including phenoxy) is 1. The maximum atomic E-state index is 12.1. The van der Waals surface area contributed by atoms with Crippen LogP contribution < -0.4 is 28.3 Å². The molecule has 1 amide bonds. The third kappa shape index (κ3) is 9.87. The summed E-state index contributed by atoms with van der Waals surface area (Å²) in [7, 11) is 0. The molecule has 0 bridgehead atoms. The Balaban J connectivity index is 0.00000784. The van der Waals surface area contributed by atoms with Crippen LogP contribution in [-0.4, -0.2) is 58.7 Å². The second-order valence-electron chi connectivity index (χ2n) is 5.79. The summed E-state index contributed by atoms with van der Waals surface area (Å²) in [6.07, 6.45) is 3.27. The van der Waals surface area contributed by atoms with Gasteiger partial charge < -0.3 is 32.8 Å². The van der Waals surface area contributed by atoms with Crippen molar-refractivity contribution in [3.63, 3.8) is 0 Å². The number of aliphatic imine (C=N–C) groups is 1. The highest BCUT2D eigenvalue weighted by Crippen LogP contribution is 2.17. The lowest BCUT2D eigenvalue weighted by molar-refractivity contribution is -0.140. The van der Waals surface area contributed by atoms with Crippen molar-refractivity contribution in [3.05, 3.63) is 10.8 Å². The van der Waals surface area contributed by atoms with Gasteiger partial charge in [0.1, 0.15) is 6.04 Å². The van der Waals surface area contributed by atoms with E-state index < -0.39 is 17.9 Å². The number of nitrogens with zero attached hydrogens (tertiary/aromatic N) is 3. The number of aliphatic carboxylic acids is 1. The van der Waals surface area contributed by atoms with Crippen molar-refractivity contribution in [2.45, 2.75) is 39.2 Å². The molecule has 164 valence electrons. The van der Waals surface area contributed by atoms with Crippen LogP contribution in [0.15, 0.2) is 4.99 Å². The van der Waals surface area contributed by atoms with E-state index in [-0.39, 0.29) is 42.5 Å². The van der Waals surface area contributed by atoms with Gasteiger partial charge in [-0.15, -0.1) is 0 Å². The molecule has 0 radical (unpaired) electrons. The van der Waals surface area contributed by atoms with Crippen LogP contribution in [0.1, 0.15) is 43.6 Å². The SMILES string of the molecule is C.NC(=NCCCCCCOC[C@H](N)C(=O)O)NC(=O)c1nc(Cl)c(N)nc1N. The monoisotopic (exact) mass is 432 g/mol. The molecule has 0 spiro atoms. The smallest absolute Gasteiger partial charge is 0.322 e. The summed E-state index contributed by atoms with van der Waals surface area (Å²) in [5.41, 5.74) is 21.8. The Morgan fingerprint density at radius 2 is 1.83 bits per heavy atom. The summed E-state index contributed by atoms with van der Waals surface area (Å²) >= 11 is 5.72. The van der Waals surface area contributed by atoms with Crippen molar-refractivity contribution >= 4 is 41.1 Å². The molecular weight excluding hydrogens is 404 g/mol. The van der Waals surface area contributed by atoms with Crippen LogP contribution in [0, 0.1) is 0 Å². The predicted molar refractivity (Wildman–Crippen MR) is 111 cm³/mol. The Bertz CT molecular complexity index is 716. The third-order valence-electron chi connectivity index (χ3n) is 3.46. The molecule has 0 fully saturated rings. The number of hydrogen-bond donors (Lipinski definition) is 6. The molecule has 0 saturated carbocycles. The molecule has 1 atom stereocenters. The molecule has 29 heavy (non-hydrogen) atoms. The van der Waals surface area contributed by atoms with Gasteiger partial charge in [-0.2, -0.15) is 0 Å². The van der Waals surface area contributed by atoms with E-state index >= 15 is 0 Å². The fourth-order valence-electron chi connectivity index (χ4n) is 1.97. The summed E-state index contributed by atoms with van der Waals surface area (Å²) in [6.45, 7) is 0.847. The Morgan fingerprint density at radius 1 is 1.17 bits per heavy atom. The zero-order valence-electron chi connectivity index (χ0n) is 15.2. The Morgan fingerprint density at radius 3 is 2.48 bits per heavy atom. The number of carbonyl (C=O) groups excluding carboxylic acids is 1. The van der Waals surface area contributed by atoms with Gasteiger partial charge in [0.25, 0.3) is 5.91 Å². The zero-order valence-corrected chi connectivity index (χ0v) is 16.0. The number of carboxylic acids is 1. The van der Waals surface area contributed by atoms with E-state index in [0.29, 0.717) is 13.2 Å². The van der Waals surface area contributed by atoms with Crippen molar-refractivity contribution in [3.8, 4) is 0 Å². The van der Waals surface area contributed by atoms with E-state index in [4.69, 9.17) is 44.4 Å². The van der Waals surface area contributed by atoms with Gasteiger partial charge in [0.15, 0.2) is 28.4 Å². The lowest BCUT2D eigenvalue weighted by atomic mass is 10.2. The lowest BCUT2D eigenvalue weighted by Crippen LogP contribution is -2.38. The number of nitrogens with one attached hydrogen (secondary N) is 1. The van der Waals surface area contributed by atoms with Crippen LogP contribution >= 0.6 is 11.6 Å². The molecule has 0 saturated heterocycles. The number of nitrogens with two attached hydrogens (primary N) is 4. The fourth-order valence-corrected chi connectivity index (χ4v) is 2.10. The van der Waals surface area contributed by atoms with Gasteiger partial charge in [-0.3, -0.25) is 19.9 Å². The standard InChI is InChI=1S/C15H25ClN8O4.CH4/c16-10-12(19)23-11(18)9(22-10)13(25)24-15(20)21-5-3-1-2-4-6-28-7-8(17)14(26)27;/h8H,1-7,17H2,(H,26,27)(H4,18,19,23)(H3,20,21,24,25);1H4/t8-;/m0./s1. The van der Waals surface area contributed by atoms with Crippen LogP contribution in [0.25, 0.3) is 0 Å². The van der Waals surface area contributed by atoms with Gasteiger partial charge in [-0.25, -0.2) is 9.97 Å². The minimum absolute atomic E-state index is 0. The van der Waals surface area contributed by atoms with Crippen molar-refractivity contribution in [2.75, 3.05) is 31.2 Å². The average molecular weight is 433 g/mol. The lowest BCUT2D eigenvalue weighted by Gasteiger charge is -2.08. The molecule has 0 aliphatic heterocycles. The van der Waals surface area contributed by atoms with E-state index in [1.165, 1.54) is 0 Å². The first-order valence-electron chi connectivity index (χ1n) is 8.48. The molecule has 1 rings (SSSR count). The molecule has 0 aliphatic rings. The highest BCUT2D eigenvalue weighted by Gasteiger charge is 2.16. The molecule has 1 aromatic heterocycles. The van der Waals surface area contributed by atoms with Crippen LogP contribution in [0.2, 0.25) is 5.15 Å². The second-order valence-corrected chi connectivity index (χ2v) is 6.15. The molecule has 10 N–H and O–H groups in total. The van der Waals surface area contributed by atoms with Gasteiger partial charge in [0, 0.05) is 13.2 Å². The molecule has 12 nitrogen and oxygen atoms in total. The van der Waals surface area contributed by atoms with Crippen LogP contribution in [0.3, 0.4) is 0 Å². The highest BCUT2D eigenvalue weighted by atomic mass is 35.5. The van der Waals surface area contributed by atoms with Crippen LogP contribution in [0.5, 0.6) is 0 Å². The minimum atomic E-state index is -1.09. The molecular formula is C16H29ClN8O4. The van der Waals surface area contributed by atoms with E-state index in [1.807, 2.05) is 0 Å². The van der Waals surface area contributed by atoms with Gasteiger partial charge in [-0.1, -0.05) is 31.9 Å². The summed E-state index contributed by atoms with van der Waals surface area (Å²) < 4.78 is 5.17. The molecule has 13 heteroatoms. The van der Waals surface area contributed by atoms with Crippen molar-refractivity contribution < 1.29 is 19.4 Å². The number of rotatable bonds is 11. The summed E-state index contributed by atoms with van der Waals surface area (Å²) in [5, 5.41) is 10.8. The largest absolute Gasteiger partial charge is 0.480 e. The topological polar surface area (TPSA) is 218 Å². The molecule has 1 heterocycles. The number of aromatic nitrogens is 2. The average Bonchev–Trinajstić information content (AvgIpc) is 2.62. The number of hydrogen-bond acceptors (Lipinski definition) is 9. The number of carboxylic acid groups (broad SMARTS) is 1. The second kappa shape index (κ2) is 13.5. The Labute approximate surface area is 174 Å². The number of nitrogen functional groups attached to an aromatic ring is 2. The first kappa shape index (κ1) is 26.3. The van der Waals surface area contributed by atoms with Crippen molar-refractivity contribution in [1.82, 2.24) is 15.3 Å². The Hall–Kier alpha value is -2.70. The van der Waals surface area contributed by atoms with E-state index in [0.717, 1.165) is 25.7 Å². The van der Waals surface area contributed by atoms with E-state index in [2.05, 4.69) is 20.3 Å². The summed E-state index contributed by atoms with van der Waals surface area (Å²) in [5.74, 6) is -2.10. The molecule has 0 aromatic carbocycles. The first-order chi connectivity index (χ1) is 13.2. The van der Waals surface area contributed by atoms with E-state index in [1.54, 1.807) is 0 Å². The number of halogens is 1. The minimum Gasteiger partial charge on any atom is -0.480 e. The third-order valence-corrected chi connectivity index (χ3v) is 3.73. The van der Waals surface area contributed by atoms with Crippen LogP contribution in [-0.2, 0) is 9.53 Å². The maximum Gasteiger partial charge on any atom is 0.322 e. The number of carbonyl (C=O) groups is 2. The predicted octanol–water partition coefficient (Wildman–Crippen LogP) is -0.0361. The fraction of sp³-hybridized carbons (Fsp3) is 0.562. The van der Waals surface area contributed by atoms with Gasteiger partial charge in [-0.05, 0) is 12.8 Å². The number of guanidine groups is 1. The Kier molecular flexibility index (Phi) is 12.2. The van der Waals surface area contributed by atoms with Gasteiger partial charge in [0.2, 0.25) is 0 Å². The van der Waals surface area contributed by atoms with Gasteiger partial charge >= 0.3 is 5.97 Å². The van der Waals surface area contributed by atoms with Crippen LogP contribution in [0.4, 0.5) is 11.6 Å². The number of amides is 1. The highest BCUT2D eigenvalue weighted by molar-refractivity contribution is 6.31. The number of anilines is 2. The van der Waals surface area contributed by atoms with E-state index in [9.17, 15) is 9.59 Å². The summed E-state index contributed by atoms with van der Waals surface area (Å²) in [6, 6.07) is -1.00. The normalized spacial score (nSPS) is 12.1. The quantitative estimate of drug-likeness (QED) is 0.155. The zero-order chi connectivity index (χ0) is 21.1. The number of unbranched alkanes of at least 4 members (excludes halogenated alkanes) is 3. The summed E-state index contributed by atoms with van der Waals surface area (Å²) in [4.78, 5) is 34.1. The first-order valence-corrected chi connectivity index (χ1v) is 8.86. The van der Waals surface area contributed by atoms with Crippen molar-refractivity contribution in [1.29, 1.82) is 0 Å². The maximum absolute atomic E-state index is 12.1. The van der Waals surface area contributed by atoms with Gasteiger partial charge in [0.05, 0.1) is 6.61 Å². The molecule has 0 unspecified atom stereocenters. The molecule has 1 aromatic rings. The van der Waals surface area contributed by atoms with Crippen molar-refractivity contribution in [2.24, 2.45) is 16.5 Å². The molecule has 0 aliphatic carbocycles.